The quantitative estimate of drug-likeness (QED) is 0.374. The van der Waals surface area contributed by atoms with Gasteiger partial charge in [-0.2, -0.15) is 0 Å². The van der Waals surface area contributed by atoms with Gasteiger partial charge in [-0.25, -0.2) is 18.4 Å². The van der Waals surface area contributed by atoms with Crippen LogP contribution < -0.4 is 10.1 Å². The zero-order chi connectivity index (χ0) is 24.0. The van der Waals surface area contributed by atoms with Crippen molar-refractivity contribution in [2.45, 2.75) is 17.7 Å². The van der Waals surface area contributed by atoms with Gasteiger partial charge in [-0.3, -0.25) is 4.79 Å². The van der Waals surface area contributed by atoms with Crippen LogP contribution in [0.15, 0.2) is 96.2 Å². The number of benzene rings is 3. The van der Waals surface area contributed by atoms with Gasteiger partial charge in [0, 0.05) is 30.9 Å². The van der Waals surface area contributed by atoms with E-state index >= 15 is 0 Å². The molecule has 0 fully saturated rings. The van der Waals surface area contributed by atoms with Gasteiger partial charge in [0.25, 0.3) is 0 Å². The summed E-state index contributed by atoms with van der Waals surface area (Å²) in [5.74, 6) is 1.58. The van der Waals surface area contributed by atoms with Gasteiger partial charge in [-0.1, -0.05) is 42.5 Å². The Morgan fingerprint density at radius 2 is 1.59 bits per heavy atom. The summed E-state index contributed by atoms with van der Waals surface area (Å²) >= 11 is 0. The highest BCUT2D eigenvalue weighted by Gasteiger charge is 2.11. The summed E-state index contributed by atoms with van der Waals surface area (Å²) in [6.07, 6.45) is 2.98. The van der Waals surface area contributed by atoms with E-state index in [0.29, 0.717) is 23.0 Å². The van der Waals surface area contributed by atoms with Crippen LogP contribution in [0.1, 0.15) is 11.1 Å². The lowest BCUT2D eigenvalue weighted by molar-refractivity contribution is -0.117. The van der Waals surface area contributed by atoms with Crippen molar-refractivity contribution in [1.82, 2.24) is 9.97 Å². The molecule has 4 aromatic rings. The Balaban J connectivity index is 1.35. The van der Waals surface area contributed by atoms with Crippen molar-refractivity contribution in [1.29, 1.82) is 0 Å². The molecule has 3 aromatic carbocycles. The number of ether oxygens (including phenoxy) is 1. The molecule has 0 bridgehead atoms. The zero-order valence-corrected chi connectivity index (χ0v) is 19.3. The van der Waals surface area contributed by atoms with Gasteiger partial charge >= 0.3 is 0 Å². The molecule has 0 aliphatic heterocycles. The number of hydrogen-bond acceptors (Lipinski definition) is 7. The molecule has 0 aliphatic carbocycles. The van der Waals surface area contributed by atoms with E-state index in [0.717, 1.165) is 17.5 Å². The second-order valence-corrected chi connectivity index (χ2v) is 9.81. The van der Waals surface area contributed by atoms with E-state index in [-0.39, 0.29) is 23.5 Å². The molecule has 1 heterocycles. The first-order valence-electron chi connectivity index (χ1n) is 10.6. The Hall–Kier alpha value is -4.04. The van der Waals surface area contributed by atoms with E-state index in [1.54, 1.807) is 36.4 Å². The molecule has 0 radical (unpaired) electrons. The summed E-state index contributed by atoms with van der Waals surface area (Å²) in [5.41, 5.74) is 2.42. The lowest BCUT2D eigenvalue weighted by Gasteiger charge is -2.09. The molecule has 4 rings (SSSR count). The molecular formula is C26H23N3O4S. The molecular weight excluding hydrogens is 450 g/mol. The normalized spacial score (nSPS) is 11.1. The summed E-state index contributed by atoms with van der Waals surface area (Å²) in [6, 6.07) is 25.1. The molecule has 0 spiro atoms. The van der Waals surface area contributed by atoms with Gasteiger partial charge in [0.1, 0.15) is 23.7 Å². The zero-order valence-electron chi connectivity index (χ0n) is 18.5. The monoisotopic (exact) mass is 473 g/mol. The number of nitrogens with one attached hydrogen (secondary N) is 1. The second kappa shape index (κ2) is 10.3. The number of Topliss-reactive ketones (excluding diaryl/α,β-unsaturated/α-hetero) is 1. The van der Waals surface area contributed by atoms with E-state index in [2.05, 4.69) is 15.3 Å². The molecule has 34 heavy (non-hydrogen) atoms. The highest BCUT2D eigenvalue weighted by Crippen LogP contribution is 2.23. The number of anilines is 2. The molecule has 8 heteroatoms. The van der Waals surface area contributed by atoms with Crippen LogP contribution in [0.5, 0.6) is 11.6 Å². The highest BCUT2D eigenvalue weighted by atomic mass is 32.2. The maximum absolute atomic E-state index is 12.5. The molecule has 0 atom stereocenters. The average molecular weight is 474 g/mol. The molecule has 0 saturated heterocycles. The Bertz CT molecular complexity index is 1390. The molecule has 0 amide bonds. The third-order valence-corrected chi connectivity index (χ3v) is 6.07. The van der Waals surface area contributed by atoms with Crippen LogP contribution in [0.25, 0.3) is 0 Å². The van der Waals surface area contributed by atoms with Gasteiger partial charge in [-0.15, -0.1) is 0 Å². The lowest BCUT2D eigenvalue weighted by atomic mass is 10.0. The van der Waals surface area contributed by atoms with Gasteiger partial charge < -0.3 is 10.1 Å². The molecule has 172 valence electrons. The van der Waals surface area contributed by atoms with Crippen LogP contribution in [0.2, 0.25) is 0 Å². The van der Waals surface area contributed by atoms with E-state index in [1.165, 1.54) is 12.4 Å². The smallest absolute Gasteiger partial charge is 0.224 e. The molecule has 1 N–H and O–H groups in total. The van der Waals surface area contributed by atoms with Crippen molar-refractivity contribution in [3.8, 4) is 11.6 Å². The number of aromatic nitrogens is 2. The van der Waals surface area contributed by atoms with E-state index in [9.17, 15) is 13.2 Å². The second-order valence-electron chi connectivity index (χ2n) is 7.79. The Morgan fingerprint density at radius 1 is 0.853 bits per heavy atom. The van der Waals surface area contributed by atoms with Gasteiger partial charge in [0.05, 0.1) is 4.90 Å². The average Bonchev–Trinajstić information content (AvgIpc) is 2.81. The van der Waals surface area contributed by atoms with Crippen LogP contribution in [-0.2, 0) is 27.5 Å². The van der Waals surface area contributed by atoms with Gasteiger partial charge in [-0.05, 0) is 47.5 Å². The minimum atomic E-state index is -3.31. The van der Waals surface area contributed by atoms with Gasteiger partial charge in [0.15, 0.2) is 9.84 Å². The summed E-state index contributed by atoms with van der Waals surface area (Å²) in [5, 5.41) is 3.19. The topological polar surface area (TPSA) is 98.2 Å². The third-order valence-electron chi connectivity index (χ3n) is 4.96. The van der Waals surface area contributed by atoms with Crippen LogP contribution in [0.4, 0.5) is 11.5 Å². The first-order valence-corrected chi connectivity index (χ1v) is 12.5. The van der Waals surface area contributed by atoms with Gasteiger partial charge in [0.2, 0.25) is 5.88 Å². The van der Waals surface area contributed by atoms with Crippen molar-refractivity contribution in [3.05, 3.63) is 102 Å². The number of ketones is 1. The Morgan fingerprint density at radius 3 is 2.32 bits per heavy atom. The first-order chi connectivity index (χ1) is 16.3. The molecule has 0 saturated carbocycles. The van der Waals surface area contributed by atoms with E-state index in [4.69, 9.17) is 4.74 Å². The Labute approximate surface area is 198 Å². The molecule has 1 aromatic heterocycles. The Kier molecular flexibility index (Phi) is 6.98. The minimum absolute atomic E-state index is 0.00764. The lowest BCUT2D eigenvalue weighted by Crippen LogP contribution is -2.07. The highest BCUT2D eigenvalue weighted by molar-refractivity contribution is 7.90. The number of carbonyl (C=O) groups is 1. The number of rotatable bonds is 9. The number of para-hydroxylation sites is 1. The number of hydrogen-bond donors (Lipinski definition) is 1. The fraction of sp³-hybridized carbons (Fsp3) is 0.115. The first kappa shape index (κ1) is 23.1. The predicted molar refractivity (Wildman–Crippen MR) is 130 cm³/mol. The summed E-state index contributed by atoms with van der Waals surface area (Å²) in [4.78, 5) is 21.1. The van der Waals surface area contributed by atoms with Crippen LogP contribution in [-0.4, -0.2) is 30.4 Å². The van der Waals surface area contributed by atoms with Crippen molar-refractivity contribution in [2.24, 2.45) is 0 Å². The van der Waals surface area contributed by atoms with Crippen LogP contribution in [0, 0.1) is 0 Å². The third kappa shape index (κ3) is 6.49. The summed E-state index contributed by atoms with van der Waals surface area (Å²) in [6.45, 7) is 0. The van der Waals surface area contributed by atoms with Crippen molar-refractivity contribution < 1.29 is 17.9 Å². The molecule has 7 nitrogen and oxygen atoms in total. The minimum Gasteiger partial charge on any atom is -0.439 e. The van der Waals surface area contributed by atoms with Crippen LogP contribution >= 0.6 is 0 Å². The summed E-state index contributed by atoms with van der Waals surface area (Å²) in [7, 11) is -3.31. The molecule has 0 unspecified atom stereocenters. The number of sulfone groups is 1. The van der Waals surface area contributed by atoms with Crippen LogP contribution in [0.3, 0.4) is 0 Å². The van der Waals surface area contributed by atoms with E-state index < -0.39 is 9.84 Å². The largest absolute Gasteiger partial charge is 0.439 e. The molecule has 0 aliphatic rings. The standard InChI is InChI=1S/C26H23N3O4S/c1-34(31,32)24-9-5-6-20(16-24)15-22(30)14-19-10-12-23(13-11-19)33-26-17-25(27-18-28-26)29-21-7-3-2-4-8-21/h2-13,16-18H,14-15H2,1H3,(H,27,28,29). The van der Waals surface area contributed by atoms with Crippen molar-refractivity contribution >= 4 is 27.1 Å². The summed E-state index contributed by atoms with van der Waals surface area (Å²) < 4.78 is 29.3. The predicted octanol–water partition coefficient (Wildman–Crippen LogP) is 4.77. The maximum Gasteiger partial charge on any atom is 0.224 e. The number of nitrogens with zero attached hydrogens (tertiary/aromatic N) is 2. The SMILES string of the molecule is CS(=O)(=O)c1cccc(CC(=O)Cc2ccc(Oc3cc(Nc4ccccc4)ncn3)cc2)c1. The number of carbonyl (C=O) groups excluding carboxylic acids is 1. The fourth-order valence-electron chi connectivity index (χ4n) is 3.33. The van der Waals surface area contributed by atoms with E-state index in [1.807, 2.05) is 42.5 Å². The fourth-order valence-corrected chi connectivity index (χ4v) is 4.02. The van der Waals surface area contributed by atoms with Crippen molar-refractivity contribution in [2.75, 3.05) is 11.6 Å². The maximum atomic E-state index is 12.5. The van der Waals surface area contributed by atoms with Crippen molar-refractivity contribution in [3.63, 3.8) is 0 Å².